The number of fused-ring (bicyclic) bond motifs is 2. The zero-order valence-electron chi connectivity index (χ0n) is 16.0. The third-order valence-electron chi connectivity index (χ3n) is 6.13. The number of hydrogen-bond acceptors (Lipinski definition) is 4. The molecule has 6 nitrogen and oxygen atoms in total. The van der Waals surface area contributed by atoms with Crippen molar-refractivity contribution in [2.45, 2.75) is 20.3 Å². The average Bonchev–Trinajstić information content (AvgIpc) is 3.14. The Labute approximate surface area is 158 Å². The molecule has 1 amide bonds. The number of aromatic nitrogens is 1. The molecule has 142 valence electrons. The number of hydrogen-bond donors (Lipinski definition) is 1. The average molecular weight is 367 g/mol. The number of aryl methyl sites for hydroxylation is 2. The molecule has 0 saturated carbocycles. The zero-order valence-corrected chi connectivity index (χ0v) is 16.0. The van der Waals surface area contributed by atoms with Crippen molar-refractivity contribution in [3.05, 3.63) is 41.1 Å². The summed E-state index contributed by atoms with van der Waals surface area (Å²) in [6.45, 7) is 5.94. The minimum absolute atomic E-state index is 0.0237. The molecule has 6 heteroatoms. The fourth-order valence-corrected chi connectivity index (χ4v) is 4.75. The number of benzene rings is 1. The van der Waals surface area contributed by atoms with Gasteiger partial charge in [-0.15, -0.1) is 0 Å². The van der Waals surface area contributed by atoms with Crippen LogP contribution in [0.2, 0.25) is 0 Å². The van der Waals surface area contributed by atoms with E-state index in [9.17, 15) is 14.7 Å². The van der Waals surface area contributed by atoms with Gasteiger partial charge in [0.05, 0.1) is 11.1 Å². The Morgan fingerprint density at radius 1 is 1.26 bits per heavy atom. The van der Waals surface area contributed by atoms with Crippen LogP contribution >= 0.6 is 0 Å². The van der Waals surface area contributed by atoms with Crippen molar-refractivity contribution in [1.82, 2.24) is 14.8 Å². The monoisotopic (exact) mass is 367 g/mol. The molecule has 2 aliphatic rings. The van der Waals surface area contributed by atoms with Crippen LogP contribution in [0.25, 0.3) is 10.9 Å². The van der Waals surface area contributed by atoms with E-state index in [1.807, 2.05) is 38.2 Å². The summed E-state index contributed by atoms with van der Waals surface area (Å²) in [5.74, 6) is -0.906. The van der Waals surface area contributed by atoms with E-state index in [1.54, 1.807) is 4.90 Å². The van der Waals surface area contributed by atoms with Crippen molar-refractivity contribution >= 4 is 22.8 Å². The first-order valence-corrected chi connectivity index (χ1v) is 9.45. The molecule has 0 unspecified atom stereocenters. The second-order valence-electron chi connectivity index (χ2n) is 8.06. The molecular weight excluding hydrogens is 342 g/mol. The van der Waals surface area contributed by atoms with Crippen LogP contribution in [0.15, 0.2) is 24.3 Å². The molecule has 27 heavy (non-hydrogen) atoms. The smallest absolute Gasteiger partial charge is 0.313 e. The maximum atomic E-state index is 13.4. The number of aliphatic carboxylic acids is 1. The zero-order chi connectivity index (χ0) is 19.3. The largest absolute Gasteiger partial charge is 0.481 e. The van der Waals surface area contributed by atoms with Crippen LogP contribution in [0.4, 0.5) is 0 Å². The van der Waals surface area contributed by atoms with Crippen LogP contribution in [-0.2, 0) is 11.2 Å². The fraction of sp³-hybridized carbons (Fsp3) is 0.476. The quantitative estimate of drug-likeness (QED) is 0.900. The predicted octanol–water partition coefficient (Wildman–Crippen LogP) is 2.19. The van der Waals surface area contributed by atoms with E-state index in [4.69, 9.17) is 0 Å². The van der Waals surface area contributed by atoms with Gasteiger partial charge in [0, 0.05) is 43.2 Å². The van der Waals surface area contributed by atoms with Crippen molar-refractivity contribution < 1.29 is 14.7 Å². The summed E-state index contributed by atoms with van der Waals surface area (Å²) in [4.78, 5) is 33.8. The van der Waals surface area contributed by atoms with Crippen LogP contribution in [0.3, 0.4) is 0 Å². The molecule has 1 aromatic carbocycles. The van der Waals surface area contributed by atoms with Gasteiger partial charge in [0.2, 0.25) is 0 Å². The lowest BCUT2D eigenvalue weighted by Crippen LogP contribution is -2.41. The lowest BCUT2D eigenvalue weighted by Gasteiger charge is -2.24. The van der Waals surface area contributed by atoms with Crippen molar-refractivity contribution in [1.29, 1.82) is 0 Å². The molecule has 2 aromatic rings. The Kier molecular flexibility index (Phi) is 4.18. The van der Waals surface area contributed by atoms with Crippen molar-refractivity contribution in [2.75, 3.05) is 33.2 Å². The number of carbonyl (C=O) groups is 2. The highest BCUT2D eigenvalue weighted by Crippen LogP contribution is 2.43. The molecule has 2 fully saturated rings. The molecule has 0 radical (unpaired) electrons. The third-order valence-corrected chi connectivity index (χ3v) is 6.13. The highest BCUT2D eigenvalue weighted by atomic mass is 16.4. The molecule has 1 N–H and O–H groups in total. The summed E-state index contributed by atoms with van der Waals surface area (Å²) in [5, 5.41) is 10.7. The highest BCUT2D eigenvalue weighted by molar-refractivity contribution is 6.06. The second-order valence-corrected chi connectivity index (χ2v) is 8.06. The van der Waals surface area contributed by atoms with E-state index in [-0.39, 0.29) is 18.4 Å². The van der Waals surface area contributed by atoms with Crippen molar-refractivity contribution in [3.63, 3.8) is 0 Å². The number of pyridine rings is 1. The highest BCUT2D eigenvalue weighted by Gasteiger charge is 2.57. The Morgan fingerprint density at radius 3 is 2.70 bits per heavy atom. The first-order chi connectivity index (χ1) is 12.8. The number of likely N-dealkylation sites (tertiary alicyclic amines) is 2. The number of amides is 1. The van der Waals surface area contributed by atoms with Gasteiger partial charge in [0.25, 0.3) is 5.91 Å². The normalized spacial score (nSPS) is 25.1. The topological polar surface area (TPSA) is 73.7 Å². The van der Waals surface area contributed by atoms with Crippen LogP contribution in [0, 0.1) is 18.3 Å². The number of carboxylic acid groups (broad SMARTS) is 1. The maximum Gasteiger partial charge on any atom is 0.313 e. The van der Waals surface area contributed by atoms with Crippen LogP contribution in [0.5, 0.6) is 0 Å². The summed E-state index contributed by atoms with van der Waals surface area (Å²) in [5.41, 5.74) is 2.53. The Bertz CT molecular complexity index is 942. The molecule has 4 rings (SSSR count). The fourth-order valence-electron chi connectivity index (χ4n) is 4.75. The van der Waals surface area contributed by atoms with Crippen LogP contribution < -0.4 is 0 Å². The SMILES string of the molecule is CCc1ccc2nc(C)cc(C(=O)N3C[C@H]4CN(C)C[C@@]4(C(=O)O)C3)c2c1. The number of nitrogens with zero attached hydrogens (tertiary/aromatic N) is 3. The summed E-state index contributed by atoms with van der Waals surface area (Å²) in [7, 11) is 1.95. The van der Waals surface area contributed by atoms with Crippen molar-refractivity contribution in [3.8, 4) is 0 Å². The molecule has 0 spiro atoms. The first-order valence-electron chi connectivity index (χ1n) is 9.45. The van der Waals surface area contributed by atoms with Gasteiger partial charge >= 0.3 is 5.97 Å². The molecule has 0 aliphatic carbocycles. The number of rotatable bonds is 3. The Hall–Kier alpha value is -2.47. The maximum absolute atomic E-state index is 13.4. The second kappa shape index (κ2) is 6.30. The molecule has 2 atom stereocenters. The minimum Gasteiger partial charge on any atom is -0.481 e. The lowest BCUT2D eigenvalue weighted by atomic mass is 9.81. The summed E-state index contributed by atoms with van der Waals surface area (Å²) in [6.07, 6.45) is 0.887. The third kappa shape index (κ3) is 2.79. The first kappa shape index (κ1) is 17.9. The van der Waals surface area contributed by atoms with Gasteiger partial charge in [-0.05, 0) is 44.2 Å². The molecule has 1 aromatic heterocycles. The lowest BCUT2D eigenvalue weighted by molar-refractivity contribution is -0.148. The van der Waals surface area contributed by atoms with E-state index < -0.39 is 11.4 Å². The molecule has 3 heterocycles. The van der Waals surface area contributed by atoms with Gasteiger partial charge in [-0.2, -0.15) is 0 Å². The van der Waals surface area contributed by atoms with Gasteiger partial charge in [0.15, 0.2) is 0 Å². The van der Waals surface area contributed by atoms with Gasteiger partial charge in [-0.25, -0.2) is 0 Å². The molecular formula is C21H25N3O3. The summed E-state index contributed by atoms with van der Waals surface area (Å²) >= 11 is 0. The predicted molar refractivity (Wildman–Crippen MR) is 103 cm³/mol. The number of carboxylic acids is 1. The van der Waals surface area contributed by atoms with Crippen molar-refractivity contribution in [2.24, 2.45) is 11.3 Å². The summed E-state index contributed by atoms with van der Waals surface area (Å²) < 4.78 is 0. The number of carbonyl (C=O) groups excluding carboxylic acids is 1. The standard InChI is InChI=1S/C21H25N3O3/c1-4-14-5-6-18-16(8-14)17(7-13(2)22-18)19(25)24-10-15-9-23(3)11-21(15,12-24)20(26)27/h5-8,15H,4,9-12H2,1-3H3,(H,26,27)/t15-,21-/m1/s1. The minimum atomic E-state index is -0.850. The van der Waals surface area contributed by atoms with E-state index in [0.717, 1.165) is 28.6 Å². The molecule has 2 aliphatic heterocycles. The Balaban J connectivity index is 1.73. The summed E-state index contributed by atoms with van der Waals surface area (Å²) in [6, 6.07) is 7.87. The van der Waals surface area contributed by atoms with Gasteiger partial charge in [-0.1, -0.05) is 13.0 Å². The van der Waals surface area contributed by atoms with Crippen LogP contribution in [0.1, 0.15) is 28.5 Å². The van der Waals surface area contributed by atoms with Gasteiger partial charge in [-0.3, -0.25) is 14.6 Å². The molecule has 2 saturated heterocycles. The van der Waals surface area contributed by atoms with E-state index in [2.05, 4.69) is 16.8 Å². The van der Waals surface area contributed by atoms with E-state index in [1.165, 1.54) is 0 Å². The molecule has 0 bridgehead atoms. The van der Waals surface area contributed by atoms with E-state index in [0.29, 0.717) is 25.2 Å². The van der Waals surface area contributed by atoms with Gasteiger partial charge < -0.3 is 14.9 Å². The van der Waals surface area contributed by atoms with E-state index >= 15 is 0 Å². The van der Waals surface area contributed by atoms with Crippen LogP contribution in [-0.4, -0.2) is 65.0 Å². The Morgan fingerprint density at radius 2 is 2.04 bits per heavy atom. The van der Waals surface area contributed by atoms with Gasteiger partial charge in [0.1, 0.15) is 5.41 Å².